The molecule has 1 rings (SSSR count). The van der Waals surface area contributed by atoms with Crippen LogP contribution in [0.5, 0.6) is 0 Å². The third-order valence-electron chi connectivity index (χ3n) is 2.79. The van der Waals surface area contributed by atoms with Crippen molar-refractivity contribution < 1.29 is 12.4 Å². The van der Waals surface area contributed by atoms with Gasteiger partial charge in [-0.05, 0) is 12.5 Å². The lowest BCUT2D eigenvalue weighted by Crippen LogP contribution is -3.00. The molecule has 0 amide bonds. The minimum absolute atomic E-state index is 0. The van der Waals surface area contributed by atoms with Gasteiger partial charge >= 0.3 is 0 Å². The first kappa shape index (κ1) is 11.5. The van der Waals surface area contributed by atoms with Crippen molar-refractivity contribution in [3.05, 3.63) is 0 Å². The van der Waals surface area contributed by atoms with E-state index in [9.17, 15) is 0 Å². The summed E-state index contributed by atoms with van der Waals surface area (Å²) >= 11 is 0. The second-order valence-electron chi connectivity index (χ2n) is 4.34. The molecule has 68 valence electrons. The third-order valence-corrected chi connectivity index (χ3v) is 6.08. The molecule has 1 heterocycles. The average molecular weight is 193 g/mol. The smallest absolute Gasteiger partial charge is 0.0473 e. The SMILES string of the molecule is C[Si]1(C)CCC(CN)CC1.[Cl-]. The van der Waals surface area contributed by atoms with E-state index in [1.54, 1.807) is 0 Å². The van der Waals surface area contributed by atoms with E-state index in [1.807, 2.05) is 0 Å². The van der Waals surface area contributed by atoms with E-state index in [2.05, 4.69) is 13.1 Å². The molecule has 1 saturated heterocycles. The molecule has 1 aliphatic rings. The molecule has 1 fully saturated rings. The second kappa shape index (κ2) is 4.48. The summed E-state index contributed by atoms with van der Waals surface area (Å²) in [5, 5.41) is 0. The molecule has 2 N–H and O–H groups in total. The van der Waals surface area contributed by atoms with Crippen molar-refractivity contribution in [2.45, 2.75) is 38.0 Å². The Morgan fingerprint density at radius 1 is 1.27 bits per heavy atom. The average Bonchev–Trinajstić information content (AvgIpc) is 1.88. The molecule has 3 heteroatoms. The maximum Gasteiger partial charge on any atom is 0.0473 e. The highest BCUT2D eigenvalue weighted by Crippen LogP contribution is 2.31. The van der Waals surface area contributed by atoms with Gasteiger partial charge in [-0.25, -0.2) is 0 Å². The molecule has 0 spiro atoms. The van der Waals surface area contributed by atoms with Gasteiger partial charge in [0, 0.05) is 8.07 Å². The van der Waals surface area contributed by atoms with Crippen molar-refractivity contribution in [3.8, 4) is 0 Å². The van der Waals surface area contributed by atoms with E-state index in [0.29, 0.717) is 0 Å². The molecule has 1 aliphatic heterocycles. The lowest BCUT2D eigenvalue weighted by molar-refractivity contribution is -0.00000248. The normalized spacial score (nSPS) is 24.3. The highest BCUT2D eigenvalue weighted by molar-refractivity contribution is 6.77. The Morgan fingerprint density at radius 2 is 1.73 bits per heavy atom. The van der Waals surface area contributed by atoms with Crippen LogP contribution >= 0.6 is 0 Å². The van der Waals surface area contributed by atoms with Gasteiger partial charge in [0.25, 0.3) is 0 Å². The first-order chi connectivity index (χ1) is 4.64. The van der Waals surface area contributed by atoms with Gasteiger partial charge in [0.1, 0.15) is 0 Å². The van der Waals surface area contributed by atoms with Gasteiger partial charge in [-0.15, -0.1) is 0 Å². The molecule has 11 heavy (non-hydrogen) atoms. The molecule has 0 radical (unpaired) electrons. The summed E-state index contributed by atoms with van der Waals surface area (Å²) in [5.41, 5.74) is 5.61. The number of rotatable bonds is 1. The zero-order chi connectivity index (χ0) is 7.61. The van der Waals surface area contributed by atoms with Crippen molar-refractivity contribution in [3.63, 3.8) is 0 Å². The van der Waals surface area contributed by atoms with Crippen molar-refractivity contribution in [1.29, 1.82) is 0 Å². The molecule has 0 aliphatic carbocycles. The molecular formula is C8H19ClNSi-. The monoisotopic (exact) mass is 192 g/mol. The van der Waals surface area contributed by atoms with Gasteiger partial charge in [0.15, 0.2) is 0 Å². The van der Waals surface area contributed by atoms with Crippen LogP contribution in [-0.4, -0.2) is 14.6 Å². The van der Waals surface area contributed by atoms with Crippen molar-refractivity contribution >= 4 is 8.07 Å². The van der Waals surface area contributed by atoms with Crippen LogP contribution in [0.3, 0.4) is 0 Å². The molecule has 0 aromatic heterocycles. The molecule has 0 bridgehead atoms. The highest BCUT2D eigenvalue weighted by Gasteiger charge is 2.27. The second-order valence-corrected chi connectivity index (χ2v) is 9.67. The van der Waals surface area contributed by atoms with E-state index in [1.165, 1.54) is 24.9 Å². The van der Waals surface area contributed by atoms with Crippen LogP contribution in [0.2, 0.25) is 25.2 Å². The molecular weight excluding hydrogens is 174 g/mol. The summed E-state index contributed by atoms with van der Waals surface area (Å²) in [6, 6.07) is 3.02. The predicted molar refractivity (Wildman–Crippen MR) is 48.9 cm³/mol. The zero-order valence-electron chi connectivity index (χ0n) is 7.57. The summed E-state index contributed by atoms with van der Waals surface area (Å²) in [4.78, 5) is 0. The Morgan fingerprint density at radius 3 is 2.09 bits per heavy atom. The first-order valence-corrected chi connectivity index (χ1v) is 7.75. The molecule has 1 nitrogen and oxygen atoms in total. The summed E-state index contributed by atoms with van der Waals surface area (Å²) in [7, 11) is -0.704. The van der Waals surface area contributed by atoms with Crippen LogP contribution in [0.4, 0.5) is 0 Å². The van der Waals surface area contributed by atoms with Crippen LogP contribution in [0.15, 0.2) is 0 Å². The Kier molecular flexibility index (Phi) is 4.67. The van der Waals surface area contributed by atoms with Gasteiger partial charge < -0.3 is 18.1 Å². The van der Waals surface area contributed by atoms with Crippen LogP contribution in [-0.2, 0) is 0 Å². The summed E-state index contributed by atoms with van der Waals surface area (Å²) in [5.74, 6) is 0.862. The van der Waals surface area contributed by atoms with Crippen molar-refractivity contribution in [2.75, 3.05) is 6.54 Å². The molecule has 0 saturated carbocycles. The number of nitrogens with two attached hydrogens (primary N) is 1. The zero-order valence-corrected chi connectivity index (χ0v) is 9.32. The molecule has 0 aromatic rings. The minimum Gasteiger partial charge on any atom is -1.00 e. The van der Waals surface area contributed by atoms with E-state index < -0.39 is 8.07 Å². The highest BCUT2D eigenvalue weighted by atomic mass is 35.5. The van der Waals surface area contributed by atoms with Crippen LogP contribution in [0, 0.1) is 5.92 Å². The van der Waals surface area contributed by atoms with Crippen LogP contribution in [0.1, 0.15) is 12.8 Å². The fourth-order valence-electron chi connectivity index (χ4n) is 1.69. The Balaban J connectivity index is 0.000001000. The topological polar surface area (TPSA) is 26.0 Å². The summed E-state index contributed by atoms with van der Waals surface area (Å²) < 4.78 is 0. The first-order valence-electron chi connectivity index (χ1n) is 4.34. The fourth-order valence-corrected chi connectivity index (χ4v) is 4.32. The Hall–Kier alpha value is 0.467. The number of halogens is 1. The maximum absolute atomic E-state index is 5.61. The number of hydrogen-bond donors (Lipinski definition) is 1. The van der Waals surface area contributed by atoms with Crippen LogP contribution < -0.4 is 18.1 Å². The minimum atomic E-state index is -0.704. The van der Waals surface area contributed by atoms with E-state index in [-0.39, 0.29) is 12.4 Å². The molecule has 0 unspecified atom stereocenters. The Labute approximate surface area is 77.2 Å². The van der Waals surface area contributed by atoms with Crippen molar-refractivity contribution in [2.24, 2.45) is 11.7 Å². The predicted octanol–water partition coefficient (Wildman–Crippen LogP) is -0.932. The lowest BCUT2D eigenvalue weighted by Gasteiger charge is -2.31. The molecule has 0 aromatic carbocycles. The Bertz CT molecular complexity index is 107. The van der Waals surface area contributed by atoms with Gasteiger partial charge in [-0.3, -0.25) is 0 Å². The van der Waals surface area contributed by atoms with Gasteiger partial charge in [0.2, 0.25) is 0 Å². The number of hydrogen-bond acceptors (Lipinski definition) is 1. The van der Waals surface area contributed by atoms with Gasteiger partial charge in [-0.1, -0.05) is 38.0 Å². The largest absolute Gasteiger partial charge is 1.00 e. The van der Waals surface area contributed by atoms with Crippen LogP contribution in [0.25, 0.3) is 0 Å². The molecule has 0 atom stereocenters. The fraction of sp³-hybridized carbons (Fsp3) is 1.00. The van der Waals surface area contributed by atoms with Gasteiger partial charge in [0.05, 0.1) is 0 Å². The van der Waals surface area contributed by atoms with Crippen molar-refractivity contribution in [1.82, 2.24) is 0 Å². The van der Waals surface area contributed by atoms with E-state index >= 15 is 0 Å². The standard InChI is InChI=1S/C8H19NSi.ClH/c1-10(2)5-3-8(7-9)4-6-10;/h8H,3-7,9H2,1-2H3;1H/p-1. The quantitative estimate of drug-likeness (QED) is 0.534. The summed E-state index contributed by atoms with van der Waals surface area (Å²) in [6.07, 6.45) is 2.82. The third kappa shape index (κ3) is 3.59. The van der Waals surface area contributed by atoms with Gasteiger partial charge in [-0.2, -0.15) is 0 Å². The van der Waals surface area contributed by atoms with E-state index in [4.69, 9.17) is 5.73 Å². The maximum atomic E-state index is 5.61. The van der Waals surface area contributed by atoms with E-state index in [0.717, 1.165) is 12.5 Å². The lowest BCUT2D eigenvalue weighted by atomic mass is 10.0. The summed E-state index contributed by atoms with van der Waals surface area (Å²) in [6.45, 7) is 5.92.